The molecule has 0 radical (unpaired) electrons. The zero-order chi connectivity index (χ0) is 16.7. The van der Waals surface area contributed by atoms with Crippen LogP contribution in [0.1, 0.15) is 44.2 Å². The number of benzene rings is 2. The molecule has 0 aliphatic heterocycles. The van der Waals surface area contributed by atoms with Gasteiger partial charge in [0.2, 0.25) is 5.91 Å². The van der Waals surface area contributed by atoms with Gasteiger partial charge in [0.05, 0.1) is 0 Å². The molecule has 0 heterocycles. The Hall–Kier alpha value is -2.42. The SMILES string of the molecule is CCCCC(=O)NC(C(C)=O)(c1ccccc1)c1ccccc1. The lowest BCUT2D eigenvalue weighted by Gasteiger charge is -2.33. The van der Waals surface area contributed by atoms with E-state index < -0.39 is 5.54 Å². The van der Waals surface area contributed by atoms with Gasteiger partial charge in [0, 0.05) is 6.42 Å². The van der Waals surface area contributed by atoms with Crippen molar-refractivity contribution in [3.63, 3.8) is 0 Å². The molecule has 1 amide bonds. The van der Waals surface area contributed by atoms with Crippen molar-refractivity contribution in [3.05, 3.63) is 71.8 Å². The van der Waals surface area contributed by atoms with E-state index >= 15 is 0 Å². The molecule has 0 unspecified atom stereocenters. The maximum absolute atomic E-state index is 12.7. The first-order chi connectivity index (χ1) is 11.1. The molecule has 3 heteroatoms. The number of unbranched alkanes of at least 4 members (excludes halogenated alkanes) is 1. The van der Waals surface area contributed by atoms with Crippen LogP contribution in [0.3, 0.4) is 0 Å². The minimum absolute atomic E-state index is 0.0975. The van der Waals surface area contributed by atoms with E-state index in [1.54, 1.807) is 0 Å². The minimum atomic E-state index is -1.13. The highest BCUT2D eigenvalue weighted by Crippen LogP contribution is 2.31. The Morgan fingerprint density at radius 1 is 0.913 bits per heavy atom. The molecule has 0 saturated carbocycles. The zero-order valence-corrected chi connectivity index (χ0v) is 13.7. The average Bonchev–Trinajstić information content (AvgIpc) is 2.59. The number of nitrogens with one attached hydrogen (secondary N) is 1. The smallest absolute Gasteiger partial charge is 0.221 e. The zero-order valence-electron chi connectivity index (χ0n) is 13.7. The summed E-state index contributed by atoms with van der Waals surface area (Å²) in [6, 6.07) is 18.9. The summed E-state index contributed by atoms with van der Waals surface area (Å²) in [6.07, 6.45) is 2.17. The molecule has 0 bridgehead atoms. The Morgan fingerprint density at radius 3 is 1.78 bits per heavy atom. The summed E-state index contributed by atoms with van der Waals surface area (Å²) >= 11 is 0. The average molecular weight is 309 g/mol. The van der Waals surface area contributed by atoms with Crippen molar-refractivity contribution in [1.29, 1.82) is 0 Å². The van der Waals surface area contributed by atoms with Gasteiger partial charge in [0.1, 0.15) is 5.54 Å². The second-order valence-electron chi connectivity index (χ2n) is 5.69. The van der Waals surface area contributed by atoms with E-state index in [1.165, 1.54) is 6.92 Å². The van der Waals surface area contributed by atoms with Gasteiger partial charge in [-0.3, -0.25) is 9.59 Å². The molecule has 0 aliphatic carbocycles. The lowest BCUT2D eigenvalue weighted by atomic mass is 9.79. The maximum Gasteiger partial charge on any atom is 0.221 e. The largest absolute Gasteiger partial charge is 0.336 e. The number of hydrogen-bond donors (Lipinski definition) is 1. The quantitative estimate of drug-likeness (QED) is 0.845. The van der Waals surface area contributed by atoms with E-state index in [9.17, 15) is 9.59 Å². The fraction of sp³-hybridized carbons (Fsp3) is 0.300. The van der Waals surface area contributed by atoms with E-state index in [0.29, 0.717) is 6.42 Å². The summed E-state index contributed by atoms with van der Waals surface area (Å²) in [5.74, 6) is -0.200. The van der Waals surface area contributed by atoms with Gasteiger partial charge >= 0.3 is 0 Å². The number of carbonyl (C=O) groups is 2. The Balaban J connectivity index is 2.52. The van der Waals surface area contributed by atoms with Crippen molar-refractivity contribution in [2.45, 2.75) is 38.6 Å². The highest BCUT2D eigenvalue weighted by atomic mass is 16.2. The standard InChI is InChI=1S/C20H23NO2/c1-3-4-15-19(23)21-20(16(2)22,17-11-7-5-8-12-17)18-13-9-6-10-14-18/h5-14H,3-4,15H2,1-2H3,(H,21,23). The number of rotatable bonds is 7. The van der Waals surface area contributed by atoms with Gasteiger partial charge in [-0.2, -0.15) is 0 Å². The monoisotopic (exact) mass is 309 g/mol. The number of hydrogen-bond acceptors (Lipinski definition) is 2. The van der Waals surface area contributed by atoms with Gasteiger partial charge in [-0.1, -0.05) is 74.0 Å². The van der Waals surface area contributed by atoms with Crippen molar-refractivity contribution < 1.29 is 9.59 Å². The molecule has 3 nitrogen and oxygen atoms in total. The Bertz CT molecular complexity index is 610. The van der Waals surface area contributed by atoms with Crippen LogP contribution in [0.5, 0.6) is 0 Å². The molecule has 0 aromatic heterocycles. The van der Waals surface area contributed by atoms with Gasteiger partial charge in [0.25, 0.3) is 0 Å². The molecule has 0 aliphatic rings. The van der Waals surface area contributed by atoms with Crippen molar-refractivity contribution in [1.82, 2.24) is 5.32 Å². The summed E-state index contributed by atoms with van der Waals surface area (Å²) in [5, 5.41) is 3.01. The van der Waals surface area contributed by atoms with Crippen molar-refractivity contribution in [3.8, 4) is 0 Å². The summed E-state index contributed by atoms with van der Waals surface area (Å²) < 4.78 is 0. The van der Waals surface area contributed by atoms with Gasteiger partial charge in [0.15, 0.2) is 5.78 Å². The molecule has 0 fully saturated rings. The van der Waals surface area contributed by atoms with Gasteiger partial charge < -0.3 is 5.32 Å². The Kier molecular flexibility index (Phi) is 5.69. The third-order valence-electron chi connectivity index (χ3n) is 4.03. The summed E-state index contributed by atoms with van der Waals surface area (Å²) in [5.41, 5.74) is 0.431. The van der Waals surface area contributed by atoms with Crippen LogP contribution < -0.4 is 5.32 Å². The molecule has 0 spiro atoms. The minimum Gasteiger partial charge on any atom is -0.336 e. The summed E-state index contributed by atoms with van der Waals surface area (Å²) in [7, 11) is 0. The van der Waals surface area contributed by atoms with Crippen molar-refractivity contribution in [2.75, 3.05) is 0 Å². The number of ketones is 1. The van der Waals surface area contributed by atoms with E-state index in [-0.39, 0.29) is 11.7 Å². The molecule has 0 saturated heterocycles. The van der Waals surface area contributed by atoms with Gasteiger partial charge in [-0.15, -0.1) is 0 Å². The van der Waals surface area contributed by atoms with Gasteiger partial charge in [-0.25, -0.2) is 0 Å². The Morgan fingerprint density at radius 2 is 1.39 bits per heavy atom. The first-order valence-corrected chi connectivity index (χ1v) is 8.04. The molecule has 1 N–H and O–H groups in total. The Labute approximate surface area is 137 Å². The maximum atomic E-state index is 12.7. The molecular weight excluding hydrogens is 286 g/mol. The van der Waals surface area contributed by atoms with Crippen LogP contribution in [0.25, 0.3) is 0 Å². The van der Waals surface area contributed by atoms with Crippen LogP contribution in [0.4, 0.5) is 0 Å². The van der Waals surface area contributed by atoms with Crippen LogP contribution in [-0.4, -0.2) is 11.7 Å². The summed E-state index contributed by atoms with van der Waals surface area (Å²) in [4.78, 5) is 25.1. The highest BCUT2D eigenvalue weighted by Gasteiger charge is 2.40. The van der Waals surface area contributed by atoms with E-state index in [0.717, 1.165) is 24.0 Å². The van der Waals surface area contributed by atoms with E-state index in [2.05, 4.69) is 5.32 Å². The van der Waals surface area contributed by atoms with E-state index in [4.69, 9.17) is 0 Å². The van der Waals surface area contributed by atoms with Crippen LogP contribution in [0, 0.1) is 0 Å². The third kappa shape index (κ3) is 3.67. The summed E-state index contributed by atoms with van der Waals surface area (Å²) in [6.45, 7) is 3.57. The highest BCUT2D eigenvalue weighted by molar-refractivity contribution is 5.95. The molecule has 2 aromatic carbocycles. The third-order valence-corrected chi connectivity index (χ3v) is 4.03. The first-order valence-electron chi connectivity index (χ1n) is 8.04. The van der Waals surface area contributed by atoms with Crippen LogP contribution >= 0.6 is 0 Å². The van der Waals surface area contributed by atoms with Crippen LogP contribution in [-0.2, 0) is 15.1 Å². The lowest BCUT2D eigenvalue weighted by molar-refractivity contribution is -0.130. The fourth-order valence-electron chi connectivity index (χ4n) is 2.79. The van der Waals surface area contributed by atoms with Crippen LogP contribution in [0.15, 0.2) is 60.7 Å². The first kappa shape index (κ1) is 16.9. The fourth-order valence-corrected chi connectivity index (χ4v) is 2.79. The number of Topliss-reactive ketones (excluding diaryl/α,β-unsaturated/α-hetero) is 1. The normalized spacial score (nSPS) is 11.0. The molecule has 120 valence electrons. The molecule has 23 heavy (non-hydrogen) atoms. The predicted molar refractivity (Wildman–Crippen MR) is 92.0 cm³/mol. The molecule has 0 atom stereocenters. The van der Waals surface area contributed by atoms with Crippen LogP contribution in [0.2, 0.25) is 0 Å². The second-order valence-corrected chi connectivity index (χ2v) is 5.69. The molecule has 2 rings (SSSR count). The van der Waals surface area contributed by atoms with E-state index in [1.807, 2.05) is 67.6 Å². The number of carbonyl (C=O) groups excluding carboxylic acids is 2. The molecule has 2 aromatic rings. The molecular formula is C20H23NO2. The lowest BCUT2D eigenvalue weighted by Crippen LogP contribution is -2.51. The van der Waals surface area contributed by atoms with Crippen molar-refractivity contribution >= 4 is 11.7 Å². The predicted octanol–water partition coefficient (Wildman–Crippen LogP) is 3.83. The topological polar surface area (TPSA) is 46.2 Å². The second kappa shape index (κ2) is 7.73. The van der Waals surface area contributed by atoms with Gasteiger partial charge in [-0.05, 0) is 24.5 Å². The van der Waals surface area contributed by atoms with Crippen molar-refractivity contribution in [2.24, 2.45) is 0 Å². The number of amides is 1.